The van der Waals surface area contributed by atoms with Crippen LogP contribution in [0.4, 0.5) is 5.69 Å². The Morgan fingerprint density at radius 3 is 2.48 bits per heavy atom. The van der Waals surface area contributed by atoms with E-state index >= 15 is 0 Å². The Balaban J connectivity index is 1.51. The van der Waals surface area contributed by atoms with Gasteiger partial charge in [0.15, 0.2) is 0 Å². The molecule has 0 spiro atoms. The molecule has 0 unspecified atom stereocenters. The minimum Gasteiger partial charge on any atom is -0.379 e. The lowest BCUT2D eigenvalue weighted by molar-refractivity contribution is 0.0730. The van der Waals surface area contributed by atoms with Gasteiger partial charge in [-0.1, -0.05) is 25.1 Å². The molecule has 3 aromatic rings. The summed E-state index contributed by atoms with van der Waals surface area (Å²) in [7, 11) is -3.70. The van der Waals surface area contributed by atoms with Crippen LogP contribution in [-0.2, 0) is 27.7 Å². The molecule has 1 aliphatic heterocycles. The van der Waals surface area contributed by atoms with Crippen LogP contribution in [0.3, 0.4) is 0 Å². The van der Waals surface area contributed by atoms with Gasteiger partial charge in [-0.3, -0.25) is 4.79 Å². The van der Waals surface area contributed by atoms with Crippen molar-refractivity contribution in [2.45, 2.75) is 31.7 Å². The van der Waals surface area contributed by atoms with Crippen molar-refractivity contribution >= 4 is 21.6 Å². The zero-order valence-corrected chi connectivity index (χ0v) is 19.6. The fourth-order valence-corrected chi connectivity index (χ4v) is 5.55. The largest absolute Gasteiger partial charge is 0.379 e. The molecule has 9 heteroatoms. The number of hydrogen-bond acceptors (Lipinski definition) is 5. The molecule has 1 N–H and O–H groups in total. The Morgan fingerprint density at radius 1 is 1.12 bits per heavy atom. The molecule has 33 heavy (non-hydrogen) atoms. The van der Waals surface area contributed by atoms with Crippen LogP contribution in [0, 0.1) is 6.92 Å². The fraction of sp³-hybridized carbons (Fsp3) is 0.333. The van der Waals surface area contributed by atoms with Gasteiger partial charge in [0.1, 0.15) is 5.82 Å². The SMILES string of the molecule is CCc1ccc(C(=O)Nc2ccc(Cn3ccnc3C)cc2)cc1S(=O)(=O)N1CCOCC1. The van der Waals surface area contributed by atoms with Crippen molar-refractivity contribution in [3.8, 4) is 0 Å². The summed E-state index contributed by atoms with van der Waals surface area (Å²) in [5.41, 5.74) is 2.72. The summed E-state index contributed by atoms with van der Waals surface area (Å²) >= 11 is 0. The fourth-order valence-electron chi connectivity index (χ4n) is 3.82. The minimum absolute atomic E-state index is 0.186. The molecule has 2 heterocycles. The highest BCUT2D eigenvalue weighted by Crippen LogP contribution is 2.24. The number of rotatable bonds is 7. The first-order valence-electron chi connectivity index (χ1n) is 11.0. The van der Waals surface area contributed by atoms with Crippen LogP contribution in [0.25, 0.3) is 0 Å². The second kappa shape index (κ2) is 9.86. The second-order valence-corrected chi connectivity index (χ2v) is 9.85. The van der Waals surface area contributed by atoms with Gasteiger partial charge in [0.25, 0.3) is 5.91 Å². The third kappa shape index (κ3) is 5.16. The Labute approximate surface area is 194 Å². The maximum atomic E-state index is 13.2. The zero-order valence-electron chi connectivity index (χ0n) is 18.8. The van der Waals surface area contributed by atoms with Crippen LogP contribution >= 0.6 is 0 Å². The molecule has 0 atom stereocenters. The first kappa shape index (κ1) is 23.2. The van der Waals surface area contributed by atoms with Crippen LogP contribution in [0.2, 0.25) is 0 Å². The molecule has 0 radical (unpaired) electrons. The predicted molar refractivity (Wildman–Crippen MR) is 126 cm³/mol. The molecule has 1 amide bonds. The van der Waals surface area contributed by atoms with Crippen molar-refractivity contribution in [1.29, 1.82) is 0 Å². The van der Waals surface area contributed by atoms with E-state index in [4.69, 9.17) is 4.74 Å². The van der Waals surface area contributed by atoms with Crippen LogP contribution in [-0.4, -0.2) is 54.5 Å². The van der Waals surface area contributed by atoms with Crippen molar-refractivity contribution in [1.82, 2.24) is 13.9 Å². The highest BCUT2D eigenvalue weighted by molar-refractivity contribution is 7.89. The lowest BCUT2D eigenvalue weighted by atomic mass is 10.1. The van der Waals surface area contributed by atoms with E-state index in [1.807, 2.05) is 48.9 Å². The van der Waals surface area contributed by atoms with Gasteiger partial charge < -0.3 is 14.6 Å². The second-order valence-electron chi connectivity index (χ2n) is 7.95. The standard InChI is InChI=1S/C24H28N4O4S/c1-3-20-6-7-21(16-23(20)33(30,31)28-12-14-32-15-13-28)24(29)26-22-8-4-19(5-9-22)17-27-11-10-25-18(27)2/h4-11,16H,3,12-15,17H2,1-2H3,(H,26,29). The minimum atomic E-state index is -3.70. The summed E-state index contributed by atoms with van der Waals surface area (Å²) < 4.78 is 35.2. The molecule has 1 aliphatic rings. The molecule has 1 fully saturated rings. The first-order chi connectivity index (χ1) is 15.9. The summed E-state index contributed by atoms with van der Waals surface area (Å²) in [5, 5.41) is 2.86. The van der Waals surface area contributed by atoms with Crippen molar-refractivity contribution in [2.24, 2.45) is 0 Å². The smallest absolute Gasteiger partial charge is 0.255 e. The lowest BCUT2D eigenvalue weighted by Gasteiger charge is -2.27. The van der Waals surface area contributed by atoms with Gasteiger partial charge in [-0.25, -0.2) is 13.4 Å². The van der Waals surface area contributed by atoms with E-state index in [-0.39, 0.29) is 10.8 Å². The average Bonchev–Trinajstić information content (AvgIpc) is 3.24. The van der Waals surface area contributed by atoms with Crippen LogP contribution in [0.5, 0.6) is 0 Å². The lowest BCUT2D eigenvalue weighted by Crippen LogP contribution is -2.41. The molecular formula is C24H28N4O4S. The molecule has 174 valence electrons. The molecule has 4 rings (SSSR count). The molecule has 0 aliphatic carbocycles. The van der Waals surface area contributed by atoms with Crippen molar-refractivity contribution in [3.05, 3.63) is 77.4 Å². The highest BCUT2D eigenvalue weighted by Gasteiger charge is 2.29. The van der Waals surface area contributed by atoms with Gasteiger partial charge in [0, 0.05) is 43.3 Å². The molecule has 1 saturated heterocycles. The Morgan fingerprint density at radius 2 is 1.85 bits per heavy atom. The monoisotopic (exact) mass is 468 g/mol. The number of anilines is 1. The van der Waals surface area contributed by atoms with E-state index in [0.29, 0.717) is 56.1 Å². The highest BCUT2D eigenvalue weighted by atomic mass is 32.2. The third-order valence-electron chi connectivity index (χ3n) is 5.79. The van der Waals surface area contributed by atoms with E-state index in [0.717, 1.165) is 11.4 Å². The first-order valence-corrected chi connectivity index (χ1v) is 12.4. The van der Waals surface area contributed by atoms with E-state index in [1.54, 1.807) is 18.3 Å². The zero-order chi connectivity index (χ0) is 23.4. The summed E-state index contributed by atoms with van der Waals surface area (Å²) in [6.07, 6.45) is 4.24. The maximum Gasteiger partial charge on any atom is 0.255 e. The van der Waals surface area contributed by atoms with E-state index in [1.165, 1.54) is 10.4 Å². The molecule has 8 nitrogen and oxygen atoms in total. The van der Waals surface area contributed by atoms with Gasteiger partial charge in [0.05, 0.1) is 18.1 Å². The third-order valence-corrected chi connectivity index (χ3v) is 7.77. The van der Waals surface area contributed by atoms with Crippen molar-refractivity contribution < 1.29 is 17.9 Å². The summed E-state index contributed by atoms with van der Waals surface area (Å²) in [6.45, 7) is 5.92. The van der Waals surface area contributed by atoms with Gasteiger partial charge in [0.2, 0.25) is 10.0 Å². The number of morpholine rings is 1. The van der Waals surface area contributed by atoms with Crippen molar-refractivity contribution in [3.63, 3.8) is 0 Å². The van der Waals surface area contributed by atoms with Gasteiger partial charge in [-0.2, -0.15) is 4.31 Å². The number of aromatic nitrogens is 2. The number of amides is 1. The van der Waals surface area contributed by atoms with E-state index < -0.39 is 10.0 Å². The molecule has 1 aromatic heterocycles. The number of aryl methyl sites for hydroxylation is 2. The Hall–Kier alpha value is -3.01. The number of carbonyl (C=O) groups is 1. The number of nitrogens with one attached hydrogen (secondary N) is 1. The molecule has 2 aromatic carbocycles. The quantitative estimate of drug-likeness (QED) is 0.575. The van der Waals surface area contributed by atoms with E-state index in [2.05, 4.69) is 10.3 Å². The predicted octanol–water partition coefficient (Wildman–Crippen LogP) is 3.08. The number of imidazole rings is 1. The molecular weight excluding hydrogens is 440 g/mol. The number of hydrogen-bond donors (Lipinski definition) is 1. The van der Waals surface area contributed by atoms with Crippen LogP contribution in [0.1, 0.15) is 34.2 Å². The number of ether oxygens (including phenoxy) is 1. The van der Waals surface area contributed by atoms with Crippen LogP contribution in [0.15, 0.2) is 59.8 Å². The Bertz CT molecular complexity index is 1230. The van der Waals surface area contributed by atoms with Crippen molar-refractivity contribution in [2.75, 3.05) is 31.6 Å². The maximum absolute atomic E-state index is 13.2. The van der Waals surface area contributed by atoms with E-state index in [9.17, 15) is 13.2 Å². The molecule has 0 bridgehead atoms. The van der Waals surface area contributed by atoms with Gasteiger partial charge in [-0.05, 0) is 48.7 Å². The summed E-state index contributed by atoms with van der Waals surface area (Å²) in [5.74, 6) is 0.583. The Kier molecular flexibility index (Phi) is 6.92. The summed E-state index contributed by atoms with van der Waals surface area (Å²) in [4.78, 5) is 17.3. The topological polar surface area (TPSA) is 93.5 Å². The van der Waals surface area contributed by atoms with Gasteiger partial charge in [-0.15, -0.1) is 0 Å². The normalized spacial score (nSPS) is 14.8. The number of benzene rings is 2. The molecule has 0 saturated carbocycles. The number of carbonyl (C=O) groups excluding carboxylic acids is 1. The number of sulfonamides is 1. The van der Waals surface area contributed by atoms with Crippen LogP contribution < -0.4 is 5.32 Å². The van der Waals surface area contributed by atoms with Gasteiger partial charge >= 0.3 is 0 Å². The average molecular weight is 469 g/mol. The summed E-state index contributed by atoms with van der Waals surface area (Å²) in [6, 6.07) is 12.4. The number of nitrogens with zero attached hydrogens (tertiary/aromatic N) is 3.